The van der Waals surface area contributed by atoms with Gasteiger partial charge < -0.3 is 9.16 Å². The molecule has 0 heterocycles. The normalized spacial score (nSPS) is 12.4. The van der Waals surface area contributed by atoms with Crippen molar-refractivity contribution in [2.45, 2.75) is 52.2 Å². The summed E-state index contributed by atoms with van der Waals surface area (Å²) in [5.74, 6) is 1.72. The molecule has 18 heavy (non-hydrogen) atoms. The Hall–Kier alpha value is -0.963. The van der Waals surface area contributed by atoms with E-state index in [1.54, 1.807) is 7.11 Å². The van der Waals surface area contributed by atoms with Crippen LogP contribution in [-0.2, 0) is 6.42 Å². The highest BCUT2D eigenvalue weighted by Crippen LogP contribution is 2.40. The molecule has 0 amide bonds. The van der Waals surface area contributed by atoms with Gasteiger partial charge in [0.1, 0.15) is 5.75 Å². The average Bonchev–Trinajstić information content (AvgIpc) is 2.27. The zero-order valence-corrected chi connectivity index (χ0v) is 13.8. The number of methoxy groups -OCH3 is 1. The monoisotopic (exact) mass is 266 g/mol. The fourth-order valence-electron chi connectivity index (χ4n) is 1.44. The number of benzene rings is 1. The van der Waals surface area contributed by atoms with Crippen LogP contribution in [0, 0.1) is 0 Å². The maximum Gasteiger partial charge on any atom is 0.250 e. The van der Waals surface area contributed by atoms with E-state index in [4.69, 9.17) is 9.16 Å². The first-order valence-corrected chi connectivity index (χ1v) is 9.48. The van der Waals surface area contributed by atoms with E-state index in [0.717, 1.165) is 17.9 Å². The van der Waals surface area contributed by atoms with Gasteiger partial charge in [-0.2, -0.15) is 0 Å². The molecule has 0 saturated heterocycles. The molecule has 1 rings (SSSR count). The van der Waals surface area contributed by atoms with E-state index in [-0.39, 0.29) is 5.04 Å². The van der Waals surface area contributed by atoms with Crippen molar-refractivity contribution in [1.29, 1.82) is 0 Å². The van der Waals surface area contributed by atoms with Crippen molar-refractivity contribution < 1.29 is 9.16 Å². The summed E-state index contributed by atoms with van der Waals surface area (Å²) >= 11 is 0. The van der Waals surface area contributed by atoms with Crippen molar-refractivity contribution in [2.75, 3.05) is 7.11 Å². The van der Waals surface area contributed by atoms with Gasteiger partial charge in [-0.1, -0.05) is 33.8 Å². The Labute approximate surface area is 112 Å². The minimum absolute atomic E-state index is 0.196. The lowest BCUT2D eigenvalue weighted by atomic mass is 10.1. The molecule has 0 atom stereocenters. The fourth-order valence-corrected chi connectivity index (χ4v) is 2.47. The molecule has 0 aliphatic heterocycles. The molecule has 0 radical (unpaired) electrons. The lowest BCUT2D eigenvalue weighted by molar-refractivity contribution is 0.385. The highest BCUT2D eigenvalue weighted by Gasteiger charge is 2.39. The Bertz CT molecular complexity index is 405. The maximum absolute atomic E-state index is 6.30. The molecular formula is C15H26O2Si. The minimum atomic E-state index is -1.80. The van der Waals surface area contributed by atoms with Crippen LogP contribution < -0.4 is 9.16 Å². The molecule has 3 heteroatoms. The zero-order valence-electron chi connectivity index (χ0n) is 12.8. The molecule has 0 unspecified atom stereocenters. The molecular weight excluding hydrogens is 240 g/mol. The van der Waals surface area contributed by atoms with Crippen molar-refractivity contribution in [1.82, 2.24) is 0 Å². The second kappa shape index (κ2) is 5.35. The lowest BCUT2D eigenvalue weighted by Gasteiger charge is -2.36. The third-order valence-electron chi connectivity index (χ3n) is 3.81. The molecule has 0 aromatic heterocycles. The van der Waals surface area contributed by atoms with Crippen LogP contribution in [0.25, 0.3) is 0 Å². The topological polar surface area (TPSA) is 18.5 Å². The van der Waals surface area contributed by atoms with Gasteiger partial charge in [-0.3, -0.25) is 0 Å². The van der Waals surface area contributed by atoms with Crippen LogP contribution in [0.3, 0.4) is 0 Å². The highest BCUT2D eigenvalue weighted by molar-refractivity contribution is 6.74. The Balaban J connectivity index is 3.04. The summed E-state index contributed by atoms with van der Waals surface area (Å²) in [7, 11) is -0.0993. The molecule has 0 N–H and O–H groups in total. The fraction of sp³-hybridized carbons (Fsp3) is 0.600. The summed E-state index contributed by atoms with van der Waals surface area (Å²) < 4.78 is 11.7. The third kappa shape index (κ3) is 3.28. The highest BCUT2D eigenvalue weighted by atomic mass is 28.4. The molecule has 0 saturated carbocycles. The van der Waals surface area contributed by atoms with Crippen molar-refractivity contribution >= 4 is 8.32 Å². The van der Waals surface area contributed by atoms with Crippen LogP contribution in [0.5, 0.6) is 11.5 Å². The van der Waals surface area contributed by atoms with E-state index < -0.39 is 8.32 Å². The lowest BCUT2D eigenvalue weighted by Crippen LogP contribution is -2.43. The standard InChI is InChI=1S/C15H26O2Si/c1-8-12-9-10-13(14(11-12)16-5)17-18(6,7)15(2,3)4/h9-11H,8H2,1-7H3. The van der Waals surface area contributed by atoms with Gasteiger partial charge in [0.2, 0.25) is 0 Å². The predicted octanol–water partition coefficient (Wildman–Crippen LogP) is 4.64. The van der Waals surface area contributed by atoms with Crippen LogP contribution in [0.2, 0.25) is 18.1 Å². The summed E-state index contributed by atoms with van der Waals surface area (Å²) in [6.45, 7) is 13.4. The number of hydrogen-bond donors (Lipinski definition) is 0. The molecule has 2 nitrogen and oxygen atoms in total. The zero-order chi connectivity index (χ0) is 14.0. The van der Waals surface area contributed by atoms with E-state index in [9.17, 15) is 0 Å². The molecule has 1 aromatic carbocycles. The summed E-state index contributed by atoms with van der Waals surface area (Å²) in [5.41, 5.74) is 1.27. The summed E-state index contributed by atoms with van der Waals surface area (Å²) in [6, 6.07) is 6.23. The van der Waals surface area contributed by atoms with Crippen LogP contribution in [-0.4, -0.2) is 15.4 Å². The van der Waals surface area contributed by atoms with E-state index in [1.807, 2.05) is 6.07 Å². The number of ether oxygens (including phenoxy) is 1. The Kier molecular flexibility index (Phi) is 4.49. The molecule has 0 aliphatic rings. The van der Waals surface area contributed by atoms with Crippen LogP contribution >= 0.6 is 0 Å². The van der Waals surface area contributed by atoms with E-state index in [2.05, 4.69) is 52.9 Å². The van der Waals surface area contributed by atoms with Gasteiger partial charge in [-0.15, -0.1) is 0 Å². The largest absolute Gasteiger partial charge is 0.541 e. The van der Waals surface area contributed by atoms with E-state index >= 15 is 0 Å². The van der Waals surface area contributed by atoms with Gasteiger partial charge in [-0.05, 0) is 42.2 Å². The van der Waals surface area contributed by atoms with Crippen LogP contribution in [0.4, 0.5) is 0 Å². The molecule has 102 valence electrons. The van der Waals surface area contributed by atoms with Crippen molar-refractivity contribution in [3.05, 3.63) is 23.8 Å². The Morgan fingerprint density at radius 3 is 2.17 bits per heavy atom. The van der Waals surface area contributed by atoms with Gasteiger partial charge in [0.15, 0.2) is 5.75 Å². The SMILES string of the molecule is CCc1ccc(O[Si](C)(C)C(C)(C)C)c(OC)c1. The smallest absolute Gasteiger partial charge is 0.250 e. The first-order valence-electron chi connectivity index (χ1n) is 6.57. The average molecular weight is 266 g/mol. The molecule has 1 aromatic rings. The van der Waals surface area contributed by atoms with Gasteiger partial charge in [0.05, 0.1) is 7.11 Å². The summed E-state index contributed by atoms with van der Waals surface area (Å²) in [6.07, 6.45) is 1.01. The summed E-state index contributed by atoms with van der Waals surface area (Å²) in [5, 5.41) is 0.196. The van der Waals surface area contributed by atoms with Gasteiger partial charge in [0.25, 0.3) is 8.32 Å². The van der Waals surface area contributed by atoms with Crippen LogP contribution in [0.1, 0.15) is 33.3 Å². The maximum atomic E-state index is 6.30. The van der Waals surface area contributed by atoms with Crippen LogP contribution in [0.15, 0.2) is 18.2 Å². The quantitative estimate of drug-likeness (QED) is 0.739. The van der Waals surface area contributed by atoms with Crippen molar-refractivity contribution in [2.24, 2.45) is 0 Å². The summed E-state index contributed by atoms with van der Waals surface area (Å²) in [4.78, 5) is 0. The second-order valence-corrected chi connectivity index (χ2v) is 10.9. The Morgan fingerprint density at radius 2 is 1.72 bits per heavy atom. The first kappa shape index (κ1) is 15.1. The number of rotatable bonds is 4. The molecule has 0 fully saturated rings. The van der Waals surface area contributed by atoms with E-state index in [1.165, 1.54) is 5.56 Å². The Morgan fingerprint density at radius 1 is 1.11 bits per heavy atom. The number of hydrogen-bond acceptors (Lipinski definition) is 2. The van der Waals surface area contributed by atoms with Gasteiger partial charge in [-0.25, -0.2) is 0 Å². The molecule has 0 aliphatic carbocycles. The molecule has 0 spiro atoms. The van der Waals surface area contributed by atoms with E-state index in [0.29, 0.717) is 0 Å². The first-order chi connectivity index (χ1) is 8.21. The minimum Gasteiger partial charge on any atom is -0.541 e. The third-order valence-corrected chi connectivity index (χ3v) is 8.15. The second-order valence-electron chi connectivity index (χ2n) is 6.20. The molecule has 0 bridgehead atoms. The van der Waals surface area contributed by atoms with Gasteiger partial charge >= 0.3 is 0 Å². The van der Waals surface area contributed by atoms with Gasteiger partial charge in [0, 0.05) is 0 Å². The van der Waals surface area contributed by atoms with Crippen molar-refractivity contribution in [3.63, 3.8) is 0 Å². The van der Waals surface area contributed by atoms with Crippen molar-refractivity contribution in [3.8, 4) is 11.5 Å². The number of aryl methyl sites for hydroxylation is 1. The predicted molar refractivity (Wildman–Crippen MR) is 80.2 cm³/mol.